The normalized spacial score (nSPS) is 12.4. The van der Waals surface area contributed by atoms with Crippen LogP contribution in [-0.2, 0) is 13.5 Å². The fourth-order valence-electron chi connectivity index (χ4n) is 1.65. The Labute approximate surface area is 115 Å². The van der Waals surface area contributed by atoms with Gasteiger partial charge in [-0.3, -0.25) is 9.97 Å². The van der Waals surface area contributed by atoms with Gasteiger partial charge in [0.05, 0.1) is 23.7 Å². The van der Waals surface area contributed by atoms with Crippen LogP contribution < -0.4 is 0 Å². The average molecular weight is 279 g/mol. The summed E-state index contributed by atoms with van der Waals surface area (Å²) in [7, 11) is 1.61. The molecule has 19 heavy (non-hydrogen) atoms. The van der Waals surface area contributed by atoms with Gasteiger partial charge >= 0.3 is 5.82 Å². The molecule has 0 spiro atoms. The zero-order chi connectivity index (χ0) is 14.0. The third kappa shape index (κ3) is 2.90. The lowest BCUT2D eigenvalue weighted by atomic mass is 10.2. The number of nitro groups is 1. The standard InChI is InChI=1S/C11H13N5O2S/c1-7-4-13-8(5-12-7)9(19)3-10-14-6-11(15(10)2)16(17)18/h4-6,9,19H,3H2,1-2H3. The van der Waals surface area contributed by atoms with E-state index in [1.807, 2.05) is 6.92 Å². The van der Waals surface area contributed by atoms with Gasteiger partial charge in [0.15, 0.2) is 5.82 Å². The molecule has 2 rings (SSSR count). The number of hydrogen-bond acceptors (Lipinski definition) is 6. The van der Waals surface area contributed by atoms with E-state index in [4.69, 9.17) is 0 Å². The monoisotopic (exact) mass is 279 g/mol. The summed E-state index contributed by atoms with van der Waals surface area (Å²) in [5, 5.41) is 10.5. The molecule has 100 valence electrons. The quantitative estimate of drug-likeness (QED) is 0.522. The molecule has 0 radical (unpaired) electrons. The molecular formula is C11H13N5O2S. The third-order valence-electron chi connectivity index (χ3n) is 2.77. The average Bonchev–Trinajstić information content (AvgIpc) is 2.72. The predicted octanol–water partition coefficient (Wildman–Crippen LogP) is 1.64. The summed E-state index contributed by atoms with van der Waals surface area (Å²) >= 11 is 4.45. The number of aromatic nitrogens is 4. The van der Waals surface area contributed by atoms with E-state index in [9.17, 15) is 10.1 Å². The van der Waals surface area contributed by atoms with Crippen molar-refractivity contribution in [3.05, 3.63) is 45.9 Å². The molecule has 7 nitrogen and oxygen atoms in total. The van der Waals surface area contributed by atoms with Crippen LogP contribution >= 0.6 is 12.6 Å². The highest BCUT2D eigenvalue weighted by Gasteiger charge is 2.20. The Kier molecular flexibility index (Phi) is 3.79. The summed E-state index contributed by atoms with van der Waals surface area (Å²) in [6.07, 6.45) is 5.02. The predicted molar refractivity (Wildman–Crippen MR) is 72.1 cm³/mol. The molecule has 0 fully saturated rings. The highest BCUT2D eigenvalue weighted by molar-refractivity contribution is 7.80. The Bertz CT molecular complexity index is 596. The highest BCUT2D eigenvalue weighted by atomic mass is 32.1. The fourth-order valence-corrected chi connectivity index (χ4v) is 1.95. The van der Waals surface area contributed by atoms with Crippen LogP contribution in [0.3, 0.4) is 0 Å². The number of nitrogens with zero attached hydrogens (tertiary/aromatic N) is 5. The van der Waals surface area contributed by atoms with Gasteiger partial charge in [0.2, 0.25) is 0 Å². The second-order valence-corrected chi connectivity index (χ2v) is 4.77. The van der Waals surface area contributed by atoms with Crippen molar-refractivity contribution in [2.45, 2.75) is 18.6 Å². The van der Waals surface area contributed by atoms with Gasteiger partial charge in [-0.25, -0.2) is 9.55 Å². The van der Waals surface area contributed by atoms with Crippen LogP contribution in [0, 0.1) is 17.0 Å². The van der Waals surface area contributed by atoms with E-state index in [-0.39, 0.29) is 11.1 Å². The summed E-state index contributed by atoms with van der Waals surface area (Å²) in [5.41, 5.74) is 1.55. The van der Waals surface area contributed by atoms with Gasteiger partial charge in [-0.15, -0.1) is 0 Å². The minimum atomic E-state index is -0.463. The van der Waals surface area contributed by atoms with Crippen LogP contribution in [0.15, 0.2) is 18.6 Å². The molecule has 0 N–H and O–H groups in total. The third-order valence-corrected chi connectivity index (χ3v) is 3.21. The molecule has 2 aromatic heterocycles. The van der Waals surface area contributed by atoms with Crippen molar-refractivity contribution in [2.75, 3.05) is 0 Å². The second kappa shape index (κ2) is 5.35. The van der Waals surface area contributed by atoms with Gasteiger partial charge in [0, 0.05) is 18.8 Å². The molecule has 1 unspecified atom stereocenters. The van der Waals surface area contributed by atoms with Crippen LogP contribution in [0.4, 0.5) is 5.82 Å². The first-order valence-electron chi connectivity index (χ1n) is 5.60. The molecule has 0 saturated heterocycles. The zero-order valence-electron chi connectivity index (χ0n) is 10.5. The lowest BCUT2D eigenvalue weighted by Crippen LogP contribution is -2.06. The summed E-state index contributed by atoms with van der Waals surface area (Å²) in [4.78, 5) is 22.7. The molecule has 1 atom stereocenters. The van der Waals surface area contributed by atoms with Crippen molar-refractivity contribution < 1.29 is 4.92 Å². The molecule has 0 saturated carbocycles. The molecule has 0 amide bonds. The smallest absolute Gasteiger partial charge is 0.342 e. The molecule has 0 aliphatic heterocycles. The number of rotatable bonds is 4. The van der Waals surface area contributed by atoms with E-state index in [1.54, 1.807) is 19.4 Å². The maximum Gasteiger partial charge on any atom is 0.342 e. The van der Waals surface area contributed by atoms with Crippen molar-refractivity contribution in [3.63, 3.8) is 0 Å². The van der Waals surface area contributed by atoms with Crippen molar-refractivity contribution in [1.82, 2.24) is 19.5 Å². The van der Waals surface area contributed by atoms with Crippen molar-refractivity contribution in [2.24, 2.45) is 7.05 Å². The Morgan fingerprint density at radius 2 is 2.11 bits per heavy atom. The molecule has 8 heteroatoms. The minimum Gasteiger partial charge on any atom is -0.358 e. The number of thiol groups is 1. The van der Waals surface area contributed by atoms with E-state index in [1.165, 1.54) is 10.8 Å². The summed E-state index contributed by atoms with van der Waals surface area (Å²) in [6.45, 7) is 1.85. The maximum atomic E-state index is 10.7. The Balaban J connectivity index is 2.17. The van der Waals surface area contributed by atoms with Gasteiger partial charge in [-0.1, -0.05) is 0 Å². The lowest BCUT2D eigenvalue weighted by Gasteiger charge is -2.07. The Morgan fingerprint density at radius 1 is 1.37 bits per heavy atom. The van der Waals surface area contributed by atoms with Crippen LogP contribution in [-0.4, -0.2) is 24.4 Å². The van der Waals surface area contributed by atoms with Crippen molar-refractivity contribution in [1.29, 1.82) is 0 Å². The summed E-state index contributed by atoms with van der Waals surface area (Å²) < 4.78 is 1.45. The number of hydrogen-bond donors (Lipinski definition) is 1. The fraction of sp³-hybridized carbons (Fsp3) is 0.364. The van der Waals surface area contributed by atoms with E-state index in [0.29, 0.717) is 12.2 Å². The molecule has 2 heterocycles. The Morgan fingerprint density at radius 3 is 2.63 bits per heavy atom. The Hall–Kier alpha value is -1.96. The van der Waals surface area contributed by atoms with E-state index in [0.717, 1.165) is 11.4 Å². The summed E-state index contributed by atoms with van der Waals surface area (Å²) in [5.74, 6) is 0.555. The topological polar surface area (TPSA) is 86.7 Å². The molecule has 0 bridgehead atoms. The second-order valence-electron chi connectivity index (χ2n) is 4.15. The molecule has 0 aliphatic rings. The highest BCUT2D eigenvalue weighted by Crippen LogP contribution is 2.23. The van der Waals surface area contributed by atoms with Crippen LogP contribution in [0.5, 0.6) is 0 Å². The first kappa shape index (κ1) is 13.5. The van der Waals surface area contributed by atoms with Crippen LogP contribution in [0.25, 0.3) is 0 Å². The van der Waals surface area contributed by atoms with E-state index < -0.39 is 4.92 Å². The van der Waals surface area contributed by atoms with Crippen LogP contribution in [0.2, 0.25) is 0 Å². The minimum absolute atomic E-state index is 0.0366. The van der Waals surface area contributed by atoms with Gasteiger partial charge in [-0.05, 0) is 11.8 Å². The number of aryl methyl sites for hydroxylation is 1. The first-order chi connectivity index (χ1) is 8.99. The molecule has 0 aliphatic carbocycles. The first-order valence-corrected chi connectivity index (χ1v) is 6.12. The van der Waals surface area contributed by atoms with Gasteiger partial charge in [0.25, 0.3) is 0 Å². The van der Waals surface area contributed by atoms with Gasteiger partial charge in [0.1, 0.15) is 6.20 Å². The molecule has 0 aromatic carbocycles. The molecule has 2 aromatic rings. The summed E-state index contributed by atoms with van der Waals surface area (Å²) in [6, 6.07) is 0. The SMILES string of the molecule is Cc1cnc(C(S)Cc2ncc([N+](=O)[O-])n2C)cn1. The van der Waals surface area contributed by atoms with Gasteiger partial charge < -0.3 is 10.1 Å². The lowest BCUT2D eigenvalue weighted by molar-refractivity contribution is -0.391. The van der Waals surface area contributed by atoms with Gasteiger partial charge in [-0.2, -0.15) is 12.6 Å². The molecular weight excluding hydrogens is 266 g/mol. The zero-order valence-corrected chi connectivity index (χ0v) is 11.4. The van der Waals surface area contributed by atoms with Crippen molar-refractivity contribution >= 4 is 18.4 Å². The number of imidazole rings is 1. The van der Waals surface area contributed by atoms with E-state index in [2.05, 4.69) is 27.6 Å². The van der Waals surface area contributed by atoms with E-state index >= 15 is 0 Å². The van der Waals surface area contributed by atoms with Crippen LogP contribution in [0.1, 0.15) is 22.5 Å². The largest absolute Gasteiger partial charge is 0.358 e. The maximum absolute atomic E-state index is 10.7. The van der Waals surface area contributed by atoms with Crippen molar-refractivity contribution in [3.8, 4) is 0 Å².